The number of benzene rings is 1. The topological polar surface area (TPSA) is 81.7 Å². The van der Waals surface area contributed by atoms with E-state index in [0.29, 0.717) is 0 Å². The number of amides is 1. The minimum absolute atomic E-state index is 0.249. The summed E-state index contributed by atoms with van der Waals surface area (Å²) in [5.74, 6) is 0.267. The van der Waals surface area contributed by atoms with Crippen molar-refractivity contribution in [1.29, 1.82) is 0 Å². The van der Waals surface area contributed by atoms with Crippen LogP contribution in [-0.2, 0) is 15.0 Å². The maximum absolute atomic E-state index is 13.1. The molecular formula is C12H16FNO5S. The number of hydrogen-bond acceptors (Lipinski definition) is 5. The van der Waals surface area contributed by atoms with E-state index in [2.05, 4.69) is 5.32 Å². The molecule has 8 heteroatoms. The Morgan fingerprint density at radius 1 is 1.30 bits per heavy atom. The SMILES string of the molecule is COc1ccc(S(=O)(=O)F)c(NC(=O)OC(C)(C)C)c1. The molecule has 0 unspecified atom stereocenters. The maximum atomic E-state index is 13.1. The van der Waals surface area contributed by atoms with Crippen molar-refractivity contribution < 1.29 is 26.6 Å². The van der Waals surface area contributed by atoms with Crippen molar-refractivity contribution in [3.63, 3.8) is 0 Å². The lowest BCUT2D eigenvalue weighted by molar-refractivity contribution is 0.0635. The Balaban J connectivity index is 3.12. The van der Waals surface area contributed by atoms with Crippen LogP contribution in [0.15, 0.2) is 23.1 Å². The first-order valence-corrected chi connectivity index (χ1v) is 7.04. The summed E-state index contributed by atoms with van der Waals surface area (Å²) in [6, 6.07) is 3.46. The van der Waals surface area contributed by atoms with Gasteiger partial charge in [0.2, 0.25) is 0 Å². The molecule has 0 saturated heterocycles. The van der Waals surface area contributed by atoms with E-state index in [1.165, 1.54) is 19.2 Å². The number of halogens is 1. The molecule has 112 valence electrons. The first-order valence-electron chi connectivity index (χ1n) is 5.65. The molecule has 0 aliphatic rings. The Kier molecular flexibility index (Phi) is 4.59. The van der Waals surface area contributed by atoms with Crippen LogP contribution in [-0.4, -0.2) is 27.2 Å². The Labute approximate surface area is 117 Å². The monoisotopic (exact) mass is 305 g/mol. The molecule has 0 bridgehead atoms. The van der Waals surface area contributed by atoms with Crippen molar-refractivity contribution in [3.05, 3.63) is 18.2 Å². The van der Waals surface area contributed by atoms with E-state index in [4.69, 9.17) is 9.47 Å². The van der Waals surface area contributed by atoms with Crippen LogP contribution in [0.2, 0.25) is 0 Å². The first-order chi connectivity index (χ1) is 9.03. The summed E-state index contributed by atoms with van der Waals surface area (Å²) in [5.41, 5.74) is -1.02. The number of carbonyl (C=O) groups excluding carboxylic acids is 1. The van der Waals surface area contributed by atoms with E-state index >= 15 is 0 Å². The summed E-state index contributed by atoms with van der Waals surface area (Å²) in [6.07, 6.45) is -0.893. The molecule has 0 fully saturated rings. The summed E-state index contributed by atoms with van der Waals surface area (Å²) in [4.78, 5) is 11.0. The van der Waals surface area contributed by atoms with Gasteiger partial charge in [-0.3, -0.25) is 5.32 Å². The summed E-state index contributed by atoms with van der Waals surface area (Å²) < 4.78 is 45.1. The van der Waals surface area contributed by atoms with Crippen molar-refractivity contribution in [3.8, 4) is 5.75 Å². The Morgan fingerprint density at radius 3 is 2.35 bits per heavy atom. The molecule has 0 heterocycles. The van der Waals surface area contributed by atoms with Crippen molar-refractivity contribution in [2.75, 3.05) is 12.4 Å². The van der Waals surface area contributed by atoms with E-state index in [-0.39, 0.29) is 11.4 Å². The molecule has 0 saturated carbocycles. The second-order valence-corrected chi connectivity index (χ2v) is 6.24. The van der Waals surface area contributed by atoms with Gasteiger partial charge in [0.15, 0.2) is 0 Å². The normalized spacial score (nSPS) is 11.8. The molecule has 1 aromatic rings. The van der Waals surface area contributed by atoms with Crippen molar-refractivity contribution in [2.45, 2.75) is 31.3 Å². The molecule has 1 N–H and O–H groups in total. The van der Waals surface area contributed by atoms with Gasteiger partial charge in [0, 0.05) is 6.07 Å². The number of hydrogen-bond donors (Lipinski definition) is 1. The van der Waals surface area contributed by atoms with E-state index in [0.717, 1.165) is 6.07 Å². The van der Waals surface area contributed by atoms with Crippen LogP contribution < -0.4 is 10.1 Å². The first kappa shape index (κ1) is 16.2. The van der Waals surface area contributed by atoms with E-state index in [1.54, 1.807) is 20.8 Å². The zero-order valence-electron chi connectivity index (χ0n) is 11.6. The van der Waals surface area contributed by atoms with Crippen LogP contribution in [0.1, 0.15) is 20.8 Å². The number of nitrogens with one attached hydrogen (secondary N) is 1. The summed E-state index contributed by atoms with van der Waals surface area (Å²) in [6.45, 7) is 4.93. The number of carbonyl (C=O) groups is 1. The Hall–Kier alpha value is -1.83. The molecule has 0 atom stereocenters. The molecule has 1 amide bonds. The van der Waals surface area contributed by atoms with Crippen LogP contribution in [0.25, 0.3) is 0 Å². The minimum atomic E-state index is -4.97. The minimum Gasteiger partial charge on any atom is -0.497 e. The largest absolute Gasteiger partial charge is 0.497 e. The molecular weight excluding hydrogens is 289 g/mol. The highest BCUT2D eigenvalue weighted by molar-refractivity contribution is 7.86. The maximum Gasteiger partial charge on any atom is 0.412 e. The fraction of sp³-hybridized carbons (Fsp3) is 0.417. The summed E-state index contributed by atoms with van der Waals surface area (Å²) in [5, 5.41) is 2.19. The molecule has 0 radical (unpaired) electrons. The average Bonchev–Trinajstić information content (AvgIpc) is 2.24. The number of ether oxygens (including phenoxy) is 2. The average molecular weight is 305 g/mol. The van der Waals surface area contributed by atoms with Crippen LogP contribution in [0.3, 0.4) is 0 Å². The van der Waals surface area contributed by atoms with E-state index < -0.39 is 26.8 Å². The van der Waals surface area contributed by atoms with Crippen molar-refractivity contribution in [2.24, 2.45) is 0 Å². The van der Waals surface area contributed by atoms with Gasteiger partial charge in [0.25, 0.3) is 0 Å². The third kappa shape index (κ3) is 4.69. The van der Waals surface area contributed by atoms with Gasteiger partial charge in [-0.15, -0.1) is 3.89 Å². The molecule has 0 aromatic heterocycles. The summed E-state index contributed by atoms with van der Waals surface area (Å²) >= 11 is 0. The lowest BCUT2D eigenvalue weighted by Crippen LogP contribution is -2.27. The second-order valence-electron chi connectivity index (χ2n) is 4.93. The van der Waals surface area contributed by atoms with Gasteiger partial charge in [-0.25, -0.2) is 4.79 Å². The molecule has 20 heavy (non-hydrogen) atoms. The smallest absolute Gasteiger partial charge is 0.412 e. The summed E-state index contributed by atoms with van der Waals surface area (Å²) in [7, 11) is -3.62. The third-order valence-electron chi connectivity index (χ3n) is 2.09. The Bertz CT molecular complexity index is 607. The van der Waals surface area contributed by atoms with Crippen LogP contribution in [0.4, 0.5) is 14.4 Å². The highest BCUT2D eigenvalue weighted by Crippen LogP contribution is 2.28. The quantitative estimate of drug-likeness (QED) is 0.868. The Morgan fingerprint density at radius 2 is 1.90 bits per heavy atom. The van der Waals surface area contributed by atoms with Gasteiger partial charge < -0.3 is 9.47 Å². The zero-order valence-corrected chi connectivity index (χ0v) is 12.4. The van der Waals surface area contributed by atoms with Crippen LogP contribution in [0.5, 0.6) is 5.75 Å². The van der Waals surface area contributed by atoms with Gasteiger partial charge >= 0.3 is 16.3 Å². The van der Waals surface area contributed by atoms with Gasteiger partial charge in [-0.2, -0.15) is 8.42 Å². The lowest BCUT2D eigenvalue weighted by Gasteiger charge is -2.20. The van der Waals surface area contributed by atoms with Crippen LogP contribution in [0, 0.1) is 0 Å². The molecule has 0 aliphatic heterocycles. The molecule has 0 aliphatic carbocycles. The highest BCUT2D eigenvalue weighted by Gasteiger charge is 2.22. The van der Waals surface area contributed by atoms with Crippen molar-refractivity contribution >= 4 is 22.0 Å². The standard InChI is InChI=1S/C12H16FNO5S/c1-12(2,3)19-11(15)14-9-7-8(18-4)5-6-10(9)20(13,16)17/h5-7H,1-4H3,(H,14,15). The predicted molar refractivity (Wildman–Crippen MR) is 71.1 cm³/mol. The van der Waals surface area contributed by atoms with E-state index in [9.17, 15) is 17.1 Å². The molecule has 0 spiro atoms. The number of anilines is 1. The lowest BCUT2D eigenvalue weighted by atomic mass is 10.2. The molecule has 1 rings (SSSR count). The van der Waals surface area contributed by atoms with Crippen LogP contribution >= 0.6 is 0 Å². The fourth-order valence-electron chi connectivity index (χ4n) is 1.36. The van der Waals surface area contributed by atoms with Crippen molar-refractivity contribution in [1.82, 2.24) is 0 Å². The van der Waals surface area contributed by atoms with Gasteiger partial charge in [-0.1, -0.05) is 0 Å². The van der Waals surface area contributed by atoms with E-state index in [1.807, 2.05) is 0 Å². The highest BCUT2D eigenvalue weighted by atomic mass is 32.3. The second kappa shape index (κ2) is 5.66. The van der Waals surface area contributed by atoms with Gasteiger partial charge in [0.05, 0.1) is 12.8 Å². The zero-order chi connectivity index (χ0) is 15.6. The molecule has 6 nitrogen and oxygen atoms in total. The van der Waals surface area contributed by atoms with Gasteiger partial charge in [0.1, 0.15) is 16.2 Å². The fourth-order valence-corrected chi connectivity index (χ4v) is 1.96. The number of methoxy groups -OCH3 is 1. The van der Waals surface area contributed by atoms with Gasteiger partial charge in [-0.05, 0) is 32.9 Å². The number of rotatable bonds is 3. The molecule has 1 aromatic carbocycles. The third-order valence-corrected chi connectivity index (χ3v) is 2.97. The predicted octanol–water partition coefficient (Wildman–Crippen LogP) is 2.70.